The van der Waals surface area contributed by atoms with E-state index in [1.54, 1.807) is 0 Å². The molecule has 140 valence electrons. The maximum atomic E-state index is 12.2. The number of anilines is 1. The Bertz CT molecular complexity index is 916. The third-order valence-corrected chi connectivity index (χ3v) is 5.30. The lowest BCUT2D eigenvalue weighted by Crippen LogP contribution is -2.14. The Labute approximate surface area is 164 Å². The van der Waals surface area contributed by atoms with Crippen LogP contribution in [0.25, 0.3) is 0 Å². The third-order valence-electron chi connectivity index (χ3n) is 4.43. The molecule has 0 saturated heterocycles. The van der Waals surface area contributed by atoms with Crippen molar-refractivity contribution < 1.29 is 9.53 Å². The summed E-state index contributed by atoms with van der Waals surface area (Å²) in [5.41, 5.74) is 5.24. The molecule has 3 aromatic rings. The van der Waals surface area contributed by atoms with E-state index in [1.165, 1.54) is 22.5 Å². The van der Waals surface area contributed by atoms with E-state index in [9.17, 15) is 4.79 Å². The van der Waals surface area contributed by atoms with Crippen molar-refractivity contribution in [3.8, 4) is 5.75 Å². The van der Waals surface area contributed by atoms with Crippen LogP contribution < -0.4 is 10.1 Å². The molecule has 1 heterocycles. The summed E-state index contributed by atoms with van der Waals surface area (Å²) >= 11 is 1.51. The number of carbonyl (C=O) groups is 1. The van der Waals surface area contributed by atoms with Gasteiger partial charge < -0.3 is 10.1 Å². The van der Waals surface area contributed by atoms with E-state index in [0.717, 1.165) is 34.1 Å². The van der Waals surface area contributed by atoms with Crippen LogP contribution in [0.4, 0.5) is 5.69 Å². The number of nitrogens with zero attached hydrogens (tertiary/aromatic N) is 1. The van der Waals surface area contributed by atoms with E-state index >= 15 is 0 Å². The van der Waals surface area contributed by atoms with Crippen LogP contribution in [0.3, 0.4) is 0 Å². The van der Waals surface area contributed by atoms with Crippen molar-refractivity contribution in [1.29, 1.82) is 0 Å². The number of hydrogen-bond acceptors (Lipinski definition) is 4. The average molecular weight is 381 g/mol. The van der Waals surface area contributed by atoms with Crippen molar-refractivity contribution in [2.75, 3.05) is 5.32 Å². The highest BCUT2D eigenvalue weighted by atomic mass is 32.1. The van der Waals surface area contributed by atoms with Crippen molar-refractivity contribution in [1.82, 2.24) is 4.98 Å². The van der Waals surface area contributed by atoms with Crippen LogP contribution in [0.5, 0.6) is 5.75 Å². The third kappa shape index (κ3) is 5.41. The first-order valence-electron chi connectivity index (χ1n) is 9.05. The molecule has 2 aromatic carbocycles. The van der Waals surface area contributed by atoms with Gasteiger partial charge in [0.2, 0.25) is 5.91 Å². The monoisotopic (exact) mass is 380 g/mol. The van der Waals surface area contributed by atoms with Crippen LogP contribution in [0.1, 0.15) is 34.3 Å². The second-order valence-corrected chi connectivity index (χ2v) is 7.49. The van der Waals surface area contributed by atoms with E-state index in [1.807, 2.05) is 42.6 Å². The SMILES string of the molecule is CCc1ccc(OCc2nc(CC(=O)Nc3ccc(C)c(C)c3)cs2)cc1. The summed E-state index contributed by atoms with van der Waals surface area (Å²) in [7, 11) is 0. The van der Waals surface area contributed by atoms with Gasteiger partial charge in [0, 0.05) is 11.1 Å². The minimum absolute atomic E-state index is 0.0637. The standard InChI is InChI=1S/C22H24N2O2S/c1-4-17-6-9-20(10-7-17)26-13-22-24-19(14-27-22)12-21(25)23-18-8-5-15(2)16(3)11-18/h5-11,14H,4,12-13H2,1-3H3,(H,23,25). The Morgan fingerprint density at radius 1 is 1.11 bits per heavy atom. The van der Waals surface area contributed by atoms with Gasteiger partial charge in [0.05, 0.1) is 12.1 Å². The van der Waals surface area contributed by atoms with Crippen molar-refractivity contribution in [3.05, 3.63) is 75.2 Å². The molecule has 4 nitrogen and oxygen atoms in total. The van der Waals surface area contributed by atoms with Gasteiger partial charge in [-0.1, -0.05) is 25.1 Å². The highest BCUT2D eigenvalue weighted by Gasteiger charge is 2.09. The molecule has 0 aliphatic carbocycles. The molecule has 27 heavy (non-hydrogen) atoms. The maximum Gasteiger partial charge on any atom is 0.230 e. The number of aromatic nitrogens is 1. The summed E-state index contributed by atoms with van der Waals surface area (Å²) in [6, 6.07) is 14.0. The number of nitrogens with one attached hydrogen (secondary N) is 1. The fourth-order valence-electron chi connectivity index (χ4n) is 2.65. The molecule has 0 radical (unpaired) electrons. The number of benzene rings is 2. The van der Waals surface area contributed by atoms with E-state index in [2.05, 4.69) is 36.3 Å². The van der Waals surface area contributed by atoms with Gasteiger partial charge in [-0.25, -0.2) is 4.98 Å². The number of aryl methyl sites for hydroxylation is 3. The summed E-state index contributed by atoms with van der Waals surface area (Å²) in [6.07, 6.45) is 1.27. The molecule has 0 aliphatic heterocycles. The van der Waals surface area contributed by atoms with Gasteiger partial charge >= 0.3 is 0 Å². The van der Waals surface area contributed by atoms with Gasteiger partial charge in [-0.3, -0.25) is 4.79 Å². The summed E-state index contributed by atoms with van der Waals surface area (Å²) in [5.74, 6) is 0.766. The minimum atomic E-state index is -0.0637. The zero-order chi connectivity index (χ0) is 19.2. The summed E-state index contributed by atoms with van der Waals surface area (Å²) < 4.78 is 5.78. The maximum absolute atomic E-state index is 12.2. The fraction of sp³-hybridized carbons (Fsp3) is 0.273. The molecule has 1 aromatic heterocycles. The molecule has 0 bridgehead atoms. The van der Waals surface area contributed by atoms with Crippen LogP contribution in [0.2, 0.25) is 0 Å². The normalized spacial score (nSPS) is 10.6. The largest absolute Gasteiger partial charge is 0.486 e. The van der Waals surface area contributed by atoms with Gasteiger partial charge in [-0.15, -0.1) is 11.3 Å². The van der Waals surface area contributed by atoms with Crippen LogP contribution in [0, 0.1) is 13.8 Å². The molecule has 0 aliphatic rings. The van der Waals surface area contributed by atoms with Crippen molar-refractivity contribution in [3.63, 3.8) is 0 Å². The number of hydrogen-bond donors (Lipinski definition) is 1. The fourth-order valence-corrected chi connectivity index (χ4v) is 3.36. The van der Waals surface area contributed by atoms with Crippen LogP contribution >= 0.6 is 11.3 Å². The van der Waals surface area contributed by atoms with Crippen molar-refractivity contribution in [2.24, 2.45) is 0 Å². The van der Waals surface area contributed by atoms with Gasteiger partial charge in [-0.05, 0) is 61.2 Å². The van der Waals surface area contributed by atoms with E-state index < -0.39 is 0 Å². The summed E-state index contributed by atoms with van der Waals surface area (Å²) in [6.45, 7) is 6.63. The first-order valence-corrected chi connectivity index (χ1v) is 9.93. The molecule has 0 saturated carbocycles. The molecule has 0 spiro atoms. The predicted octanol–water partition coefficient (Wildman–Crippen LogP) is 5.08. The Balaban J connectivity index is 1.52. The Hall–Kier alpha value is -2.66. The van der Waals surface area contributed by atoms with Gasteiger partial charge in [-0.2, -0.15) is 0 Å². The molecule has 3 rings (SSSR count). The summed E-state index contributed by atoms with van der Waals surface area (Å²) in [5, 5.41) is 5.71. The number of carbonyl (C=O) groups excluding carboxylic acids is 1. The lowest BCUT2D eigenvalue weighted by Gasteiger charge is -2.07. The molecule has 0 unspecified atom stereocenters. The highest BCUT2D eigenvalue weighted by Crippen LogP contribution is 2.18. The van der Waals surface area contributed by atoms with Gasteiger partial charge in [0.1, 0.15) is 17.4 Å². The lowest BCUT2D eigenvalue weighted by atomic mass is 10.1. The average Bonchev–Trinajstić information content (AvgIpc) is 3.10. The zero-order valence-electron chi connectivity index (χ0n) is 15.9. The minimum Gasteiger partial charge on any atom is -0.486 e. The Morgan fingerprint density at radius 3 is 2.59 bits per heavy atom. The molecular formula is C22H24N2O2S. The highest BCUT2D eigenvalue weighted by molar-refractivity contribution is 7.09. The first kappa shape index (κ1) is 19.1. The van der Waals surface area contributed by atoms with Crippen molar-refractivity contribution >= 4 is 22.9 Å². The van der Waals surface area contributed by atoms with Crippen LogP contribution in [-0.2, 0) is 24.2 Å². The Kier molecular flexibility index (Phi) is 6.24. The smallest absolute Gasteiger partial charge is 0.230 e. The lowest BCUT2D eigenvalue weighted by molar-refractivity contribution is -0.115. The van der Waals surface area contributed by atoms with E-state index in [0.29, 0.717) is 6.61 Å². The summed E-state index contributed by atoms with van der Waals surface area (Å²) in [4.78, 5) is 16.8. The van der Waals surface area contributed by atoms with Gasteiger partial charge in [0.15, 0.2) is 0 Å². The predicted molar refractivity (Wildman–Crippen MR) is 111 cm³/mol. The molecule has 5 heteroatoms. The quantitative estimate of drug-likeness (QED) is 0.622. The zero-order valence-corrected chi connectivity index (χ0v) is 16.7. The Morgan fingerprint density at radius 2 is 1.89 bits per heavy atom. The topological polar surface area (TPSA) is 51.2 Å². The second-order valence-electron chi connectivity index (χ2n) is 6.54. The molecule has 0 fully saturated rings. The van der Waals surface area contributed by atoms with Crippen LogP contribution in [-0.4, -0.2) is 10.9 Å². The van der Waals surface area contributed by atoms with Crippen LogP contribution in [0.15, 0.2) is 47.8 Å². The molecule has 1 N–H and O–H groups in total. The van der Waals surface area contributed by atoms with Crippen molar-refractivity contribution in [2.45, 2.75) is 40.2 Å². The first-order chi connectivity index (χ1) is 13.0. The number of amides is 1. The molecular weight excluding hydrogens is 356 g/mol. The molecule has 0 atom stereocenters. The number of thiazole rings is 1. The van der Waals surface area contributed by atoms with E-state index in [-0.39, 0.29) is 12.3 Å². The second kappa shape index (κ2) is 8.82. The number of ether oxygens (including phenoxy) is 1. The van der Waals surface area contributed by atoms with E-state index in [4.69, 9.17) is 4.74 Å². The van der Waals surface area contributed by atoms with Gasteiger partial charge in [0.25, 0.3) is 0 Å². The number of rotatable bonds is 7. The molecule has 1 amide bonds.